The van der Waals surface area contributed by atoms with E-state index in [1.165, 1.54) is 0 Å². The molecule has 0 aliphatic carbocycles. The number of nitrogens with one attached hydrogen (secondary N) is 1. The van der Waals surface area contributed by atoms with Gasteiger partial charge >= 0.3 is 17.9 Å². The molecule has 7 nitrogen and oxygen atoms in total. The van der Waals surface area contributed by atoms with E-state index in [0.717, 1.165) is 5.56 Å². The Hall–Kier alpha value is -3.45. The summed E-state index contributed by atoms with van der Waals surface area (Å²) in [5, 5.41) is 18.7. The second-order valence-electron chi connectivity index (χ2n) is 6.85. The normalized spacial score (nSPS) is 15.5. The average Bonchev–Trinajstić information content (AvgIpc) is 2.86. The fourth-order valence-corrected chi connectivity index (χ4v) is 2.95. The first-order valence-electron chi connectivity index (χ1n) is 12.4. The zero-order valence-corrected chi connectivity index (χ0v) is 18.3. The Morgan fingerprint density at radius 3 is 2.12 bits per heavy atom. The Balaban J connectivity index is 0.000000738. The summed E-state index contributed by atoms with van der Waals surface area (Å²) in [6, 6.07) is 7.26. The van der Waals surface area contributed by atoms with Crippen molar-refractivity contribution in [3.63, 3.8) is 0 Å². The molecule has 32 heavy (non-hydrogen) atoms. The Morgan fingerprint density at radius 1 is 1.09 bits per heavy atom. The maximum absolute atomic E-state index is 12.5. The number of hydrogen-bond donors (Lipinski definition) is 3. The second-order valence-corrected chi connectivity index (χ2v) is 6.85. The number of hydrogen-bond acceptors (Lipinski definition) is 5. The van der Waals surface area contributed by atoms with Crippen LogP contribution in [0.25, 0.3) is 0 Å². The molecular weight excluding hydrogens is 410 g/mol. The largest absolute Gasteiger partial charge is 0.478 e. The lowest BCUT2D eigenvalue weighted by Gasteiger charge is -2.39. The van der Waals surface area contributed by atoms with Crippen LogP contribution in [0.5, 0.6) is 0 Å². The van der Waals surface area contributed by atoms with Crippen LogP contribution in [0.3, 0.4) is 0 Å². The van der Waals surface area contributed by atoms with Crippen molar-refractivity contribution in [3.8, 4) is 0 Å². The third-order valence-corrected chi connectivity index (χ3v) is 4.49. The molecule has 2 atom stereocenters. The van der Waals surface area contributed by atoms with Gasteiger partial charge in [0.25, 0.3) is 0 Å². The van der Waals surface area contributed by atoms with Gasteiger partial charge in [0.15, 0.2) is 0 Å². The lowest BCUT2D eigenvalue weighted by atomic mass is 9.77. The van der Waals surface area contributed by atoms with E-state index in [1.807, 2.05) is 37.3 Å². The molecule has 2 unspecified atom stereocenters. The highest BCUT2D eigenvalue weighted by molar-refractivity contribution is 5.89. The van der Waals surface area contributed by atoms with Gasteiger partial charge in [0.1, 0.15) is 5.60 Å². The van der Waals surface area contributed by atoms with Crippen LogP contribution in [0.1, 0.15) is 38.2 Å². The topological polar surface area (TPSA) is 113 Å². The molecule has 0 radical (unpaired) electrons. The van der Waals surface area contributed by atoms with Crippen molar-refractivity contribution in [2.24, 2.45) is 5.92 Å². The fraction of sp³-hybridized carbons (Fsp3) is 0.320. The van der Waals surface area contributed by atoms with Gasteiger partial charge in [0.2, 0.25) is 0 Å². The highest BCUT2D eigenvalue weighted by atomic mass is 16.6. The first kappa shape index (κ1) is 19.3. The minimum absolute atomic E-state index is 0.0110. The molecule has 0 saturated carbocycles. The molecule has 172 valence electrons. The number of benzene rings is 2. The van der Waals surface area contributed by atoms with E-state index in [2.05, 4.69) is 5.32 Å². The van der Waals surface area contributed by atoms with Gasteiger partial charge < -0.3 is 20.3 Å². The summed E-state index contributed by atoms with van der Waals surface area (Å²) in [5.74, 6) is -3.37. The molecular formula is C25H31NO6. The van der Waals surface area contributed by atoms with Gasteiger partial charge in [-0.15, -0.1) is 0 Å². The van der Waals surface area contributed by atoms with E-state index in [0.29, 0.717) is 18.7 Å². The van der Waals surface area contributed by atoms with Crippen molar-refractivity contribution < 1.29 is 36.2 Å². The smallest absolute Gasteiger partial charge is 0.328 e. The summed E-state index contributed by atoms with van der Waals surface area (Å²) in [4.78, 5) is 31.6. The molecule has 0 bridgehead atoms. The van der Waals surface area contributed by atoms with E-state index in [9.17, 15) is 14.4 Å². The minimum atomic E-state index is -1.43. The third-order valence-electron chi connectivity index (χ3n) is 4.49. The van der Waals surface area contributed by atoms with Crippen LogP contribution < -0.4 is 5.32 Å². The van der Waals surface area contributed by atoms with Crippen LogP contribution in [-0.4, -0.2) is 41.7 Å². The first-order valence-corrected chi connectivity index (χ1v) is 9.93. The van der Waals surface area contributed by atoms with E-state index in [1.54, 1.807) is 14.0 Å². The van der Waals surface area contributed by atoms with Crippen molar-refractivity contribution in [2.75, 3.05) is 13.6 Å². The number of ether oxygens (including phenoxy) is 1. The predicted molar refractivity (Wildman–Crippen MR) is 122 cm³/mol. The van der Waals surface area contributed by atoms with E-state index >= 15 is 0 Å². The fourth-order valence-electron chi connectivity index (χ4n) is 2.95. The lowest BCUT2D eigenvalue weighted by Crippen LogP contribution is -2.44. The van der Waals surface area contributed by atoms with Crippen LogP contribution in [0.15, 0.2) is 72.7 Å². The average molecular weight is 447 g/mol. The number of esters is 1. The monoisotopic (exact) mass is 446 g/mol. The summed E-state index contributed by atoms with van der Waals surface area (Å²) in [7, 11) is 1.76. The number of carboxylic acids is 2. The molecule has 0 spiro atoms. The molecule has 2 aromatic carbocycles. The number of carbonyl (C=O) groups excluding carboxylic acids is 1. The highest BCUT2D eigenvalue weighted by Crippen LogP contribution is 2.37. The Kier molecular flexibility index (Phi) is 8.29. The second kappa shape index (κ2) is 13.8. The van der Waals surface area contributed by atoms with Gasteiger partial charge in [0.05, 0.1) is 6.85 Å². The quantitative estimate of drug-likeness (QED) is 0.377. The standard InChI is InChI=1S/C21H27NO2.C4H4O4/c1-4-20(23)24-21(17(2)16-22-3,19-13-9-6-10-14-19)15-18-11-7-5-8-12-18;5-3(6)1-2-4(7)8/h5-14,17,22H,4,15-16H2,1-3H3;1-2H,(H,5,6)(H,7,8)/b;2-1+/i6D,9D,10D,13D,14D;. The molecule has 0 fully saturated rings. The van der Waals surface area contributed by atoms with Gasteiger partial charge in [-0.25, -0.2) is 9.59 Å². The zero-order valence-electron chi connectivity index (χ0n) is 23.3. The van der Waals surface area contributed by atoms with Gasteiger partial charge in [-0.2, -0.15) is 0 Å². The van der Waals surface area contributed by atoms with E-state index < -0.39 is 41.6 Å². The maximum Gasteiger partial charge on any atom is 0.328 e. The number of carbonyl (C=O) groups is 3. The van der Waals surface area contributed by atoms with Crippen molar-refractivity contribution in [3.05, 3.63) is 83.8 Å². The Bertz CT molecular complexity index is 1100. The third kappa shape index (κ3) is 8.73. The van der Waals surface area contributed by atoms with Gasteiger partial charge in [-0.05, 0) is 18.2 Å². The van der Waals surface area contributed by atoms with Crippen molar-refractivity contribution >= 4 is 17.9 Å². The molecule has 0 aliphatic rings. The van der Waals surface area contributed by atoms with Crippen LogP contribution >= 0.6 is 0 Å². The highest BCUT2D eigenvalue weighted by Gasteiger charge is 2.41. The Labute approximate surface area is 195 Å². The SMILES string of the molecule is O=C(O)/C=C/C(=O)O.[2H]c1c([2H])c([2H])c(C(Cc2ccccc2)(OC(=O)CC)C(C)CNC)c([2H])c1[2H]. The molecule has 2 rings (SSSR count). The minimum Gasteiger partial charge on any atom is -0.478 e. The summed E-state index contributed by atoms with van der Waals surface area (Å²) in [6.45, 7) is 3.94. The van der Waals surface area contributed by atoms with Crippen molar-refractivity contribution in [2.45, 2.75) is 32.3 Å². The molecule has 0 aromatic heterocycles. The van der Waals surface area contributed by atoms with Crippen LogP contribution in [0.4, 0.5) is 0 Å². The van der Waals surface area contributed by atoms with Crippen LogP contribution in [-0.2, 0) is 31.1 Å². The summed E-state index contributed by atoms with van der Waals surface area (Å²) in [5.41, 5.74) is -0.576. The zero-order chi connectivity index (χ0) is 28.3. The molecule has 0 heterocycles. The predicted octanol–water partition coefficient (Wildman–Crippen LogP) is 3.65. The van der Waals surface area contributed by atoms with Crippen molar-refractivity contribution in [1.82, 2.24) is 5.32 Å². The molecule has 3 N–H and O–H groups in total. The number of aliphatic carboxylic acids is 2. The molecule has 7 heteroatoms. The summed E-state index contributed by atoms with van der Waals surface area (Å²) < 4.78 is 47.1. The number of rotatable bonds is 10. The lowest BCUT2D eigenvalue weighted by molar-refractivity contribution is -0.167. The van der Waals surface area contributed by atoms with E-state index in [4.69, 9.17) is 21.8 Å². The number of carboxylic acid groups (broad SMARTS) is 2. The van der Waals surface area contributed by atoms with Crippen molar-refractivity contribution in [1.29, 1.82) is 0 Å². The van der Waals surface area contributed by atoms with Gasteiger partial charge in [-0.3, -0.25) is 4.79 Å². The maximum atomic E-state index is 12.5. The molecule has 2 aromatic rings. The molecule has 0 aliphatic heterocycles. The molecule has 0 saturated heterocycles. The summed E-state index contributed by atoms with van der Waals surface area (Å²) >= 11 is 0. The van der Waals surface area contributed by atoms with Gasteiger partial charge in [0, 0.05) is 37.5 Å². The van der Waals surface area contributed by atoms with Crippen LogP contribution in [0, 0.1) is 5.92 Å². The van der Waals surface area contributed by atoms with E-state index in [-0.39, 0.29) is 36.4 Å². The Morgan fingerprint density at radius 2 is 1.66 bits per heavy atom. The van der Waals surface area contributed by atoms with Gasteiger partial charge in [-0.1, -0.05) is 74.4 Å². The first-order chi connectivity index (χ1) is 17.3. The summed E-state index contributed by atoms with van der Waals surface area (Å²) in [6.07, 6.45) is 1.42. The van der Waals surface area contributed by atoms with Crippen LogP contribution in [0.2, 0.25) is 0 Å². The molecule has 0 amide bonds.